The molecule has 0 fully saturated rings. The third-order valence-corrected chi connectivity index (χ3v) is 4.71. The first kappa shape index (κ1) is 14.2. The monoisotopic (exact) mass is 317 g/mol. The first-order valence-electron chi connectivity index (χ1n) is 6.76. The molecule has 3 rings (SSSR count). The van der Waals surface area contributed by atoms with Crippen LogP contribution < -0.4 is 5.32 Å². The normalized spacial score (nSPS) is 12.3. The van der Waals surface area contributed by atoms with Gasteiger partial charge in [-0.3, -0.25) is 0 Å². The molecule has 2 aromatic heterocycles. The second-order valence-electron chi connectivity index (χ2n) is 4.92. The average Bonchev–Trinajstić information content (AvgIpc) is 3.05. The highest BCUT2D eigenvalue weighted by Crippen LogP contribution is 2.31. The SMILES string of the molecule is Cc1cn(C(C)c2ccc(Cl)s2)c(Nc2ccccc2)n1. The van der Waals surface area contributed by atoms with Gasteiger partial charge in [-0.15, -0.1) is 11.3 Å². The summed E-state index contributed by atoms with van der Waals surface area (Å²) in [6, 6.07) is 14.3. The molecule has 0 spiro atoms. The number of hydrogen-bond donors (Lipinski definition) is 1. The van der Waals surface area contributed by atoms with Crippen LogP contribution in [0, 0.1) is 6.92 Å². The standard InChI is InChI=1S/C16H16ClN3S/c1-11-10-20(12(2)14-8-9-15(17)21-14)16(18-11)19-13-6-4-3-5-7-13/h3-10,12H,1-2H3,(H,18,19). The summed E-state index contributed by atoms with van der Waals surface area (Å²) in [4.78, 5) is 5.80. The van der Waals surface area contributed by atoms with Crippen LogP contribution in [-0.2, 0) is 0 Å². The Morgan fingerprint density at radius 2 is 1.95 bits per heavy atom. The number of hydrogen-bond acceptors (Lipinski definition) is 3. The maximum atomic E-state index is 6.04. The summed E-state index contributed by atoms with van der Waals surface area (Å²) in [6.45, 7) is 4.15. The summed E-state index contributed by atoms with van der Waals surface area (Å²) >= 11 is 7.65. The van der Waals surface area contributed by atoms with E-state index in [0.717, 1.165) is 21.7 Å². The van der Waals surface area contributed by atoms with E-state index in [1.54, 1.807) is 11.3 Å². The Hall–Kier alpha value is -1.78. The number of thiophene rings is 1. The topological polar surface area (TPSA) is 29.9 Å². The maximum absolute atomic E-state index is 6.04. The van der Waals surface area contributed by atoms with Crippen molar-refractivity contribution in [3.63, 3.8) is 0 Å². The number of benzene rings is 1. The van der Waals surface area contributed by atoms with Crippen molar-refractivity contribution in [1.82, 2.24) is 9.55 Å². The fourth-order valence-corrected chi connectivity index (χ4v) is 3.36. The van der Waals surface area contributed by atoms with Gasteiger partial charge in [0.25, 0.3) is 0 Å². The number of aryl methyl sites for hydroxylation is 1. The molecular weight excluding hydrogens is 302 g/mol. The van der Waals surface area contributed by atoms with E-state index < -0.39 is 0 Å². The Morgan fingerprint density at radius 1 is 1.19 bits per heavy atom. The van der Waals surface area contributed by atoms with E-state index in [1.807, 2.05) is 43.3 Å². The average molecular weight is 318 g/mol. The Morgan fingerprint density at radius 3 is 2.62 bits per heavy atom. The van der Waals surface area contributed by atoms with Crippen molar-refractivity contribution in [2.75, 3.05) is 5.32 Å². The number of rotatable bonds is 4. The molecule has 21 heavy (non-hydrogen) atoms. The van der Waals surface area contributed by atoms with Gasteiger partial charge >= 0.3 is 0 Å². The predicted molar refractivity (Wildman–Crippen MR) is 89.8 cm³/mol. The molecule has 5 heteroatoms. The molecule has 0 aliphatic heterocycles. The quantitative estimate of drug-likeness (QED) is 0.711. The highest BCUT2D eigenvalue weighted by molar-refractivity contribution is 7.16. The molecule has 0 bridgehead atoms. The van der Waals surface area contributed by atoms with Crippen molar-refractivity contribution < 1.29 is 0 Å². The zero-order chi connectivity index (χ0) is 14.8. The van der Waals surface area contributed by atoms with Gasteiger partial charge in [0.15, 0.2) is 0 Å². The minimum absolute atomic E-state index is 0.190. The molecule has 0 radical (unpaired) electrons. The van der Waals surface area contributed by atoms with Gasteiger partial charge in [0.1, 0.15) is 0 Å². The molecule has 1 N–H and O–H groups in total. The van der Waals surface area contributed by atoms with Gasteiger partial charge in [0, 0.05) is 16.8 Å². The molecule has 0 saturated carbocycles. The van der Waals surface area contributed by atoms with Crippen molar-refractivity contribution in [1.29, 1.82) is 0 Å². The molecular formula is C16H16ClN3S. The predicted octanol–water partition coefficient (Wildman–Crippen LogP) is 5.26. The minimum atomic E-state index is 0.190. The number of nitrogens with zero attached hydrogens (tertiary/aromatic N) is 2. The van der Waals surface area contributed by atoms with E-state index in [1.165, 1.54) is 4.88 Å². The Balaban J connectivity index is 1.92. The third-order valence-electron chi connectivity index (χ3n) is 3.31. The fraction of sp³-hybridized carbons (Fsp3) is 0.188. The maximum Gasteiger partial charge on any atom is 0.208 e. The minimum Gasteiger partial charge on any atom is -0.326 e. The van der Waals surface area contributed by atoms with Crippen LogP contribution >= 0.6 is 22.9 Å². The lowest BCUT2D eigenvalue weighted by Crippen LogP contribution is -2.08. The summed E-state index contributed by atoms with van der Waals surface area (Å²) in [6.07, 6.45) is 2.06. The van der Waals surface area contributed by atoms with Crippen LogP contribution in [0.4, 0.5) is 11.6 Å². The summed E-state index contributed by atoms with van der Waals surface area (Å²) in [5, 5.41) is 3.37. The van der Waals surface area contributed by atoms with Gasteiger partial charge in [-0.05, 0) is 38.1 Å². The van der Waals surface area contributed by atoms with Crippen molar-refractivity contribution in [3.05, 3.63) is 63.6 Å². The molecule has 0 aliphatic carbocycles. The second kappa shape index (κ2) is 5.92. The van der Waals surface area contributed by atoms with Crippen LogP contribution in [-0.4, -0.2) is 9.55 Å². The van der Waals surface area contributed by atoms with Gasteiger partial charge in [0.05, 0.1) is 16.1 Å². The summed E-state index contributed by atoms with van der Waals surface area (Å²) in [7, 11) is 0. The van der Waals surface area contributed by atoms with Gasteiger partial charge in [0.2, 0.25) is 5.95 Å². The molecule has 108 valence electrons. The molecule has 0 saturated heterocycles. The summed E-state index contributed by atoms with van der Waals surface area (Å²) in [5.74, 6) is 0.843. The Labute approximate surface area is 133 Å². The van der Waals surface area contributed by atoms with Gasteiger partial charge in [-0.25, -0.2) is 4.98 Å². The molecule has 2 heterocycles. The van der Waals surface area contributed by atoms with Crippen molar-refractivity contribution in [2.45, 2.75) is 19.9 Å². The lowest BCUT2D eigenvalue weighted by molar-refractivity contribution is 0.658. The zero-order valence-electron chi connectivity index (χ0n) is 11.9. The van der Waals surface area contributed by atoms with E-state index in [0.29, 0.717) is 0 Å². The van der Waals surface area contributed by atoms with Crippen molar-refractivity contribution >= 4 is 34.6 Å². The number of anilines is 2. The van der Waals surface area contributed by atoms with Gasteiger partial charge in [-0.2, -0.15) is 0 Å². The molecule has 3 aromatic rings. The zero-order valence-corrected chi connectivity index (χ0v) is 13.4. The van der Waals surface area contributed by atoms with Crippen LogP contribution in [0.25, 0.3) is 0 Å². The van der Waals surface area contributed by atoms with Gasteiger partial charge in [-0.1, -0.05) is 29.8 Å². The second-order valence-corrected chi connectivity index (χ2v) is 6.67. The molecule has 0 amide bonds. The highest BCUT2D eigenvalue weighted by atomic mass is 35.5. The van der Waals surface area contributed by atoms with E-state index in [-0.39, 0.29) is 6.04 Å². The summed E-state index contributed by atoms with van der Waals surface area (Å²) < 4.78 is 2.95. The third kappa shape index (κ3) is 3.12. The van der Waals surface area contributed by atoms with Crippen LogP contribution in [0.1, 0.15) is 23.5 Å². The highest BCUT2D eigenvalue weighted by Gasteiger charge is 2.15. The Kier molecular flexibility index (Phi) is 3.99. The van der Waals surface area contributed by atoms with E-state index >= 15 is 0 Å². The van der Waals surface area contributed by atoms with E-state index in [4.69, 9.17) is 11.6 Å². The number of halogens is 1. The van der Waals surface area contributed by atoms with Crippen LogP contribution in [0.5, 0.6) is 0 Å². The first-order chi connectivity index (χ1) is 10.1. The lowest BCUT2D eigenvalue weighted by atomic mass is 10.2. The summed E-state index contributed by atoms with van der Waals surface area (Å²) in [5.41, 5.74) is 2.02. The van der Waals surface area contributed by atoms with Crippen molar-refractivity contribution in [3.8, 4) is 0 Å². The molecule has 1 aromatic carbocycles. The van der Waals surface area contributed by atoms with Crippen LogP contribution in [0.3, 0.4) is 0 Å². The first-order valence-corrected chi connectivity index (χ1v) is 7.95. The largest absolute Gasteiger partial charge is 0.326 e. The van der Waals surface area contributed by atoms with E-state index in [2.05, 4.69) is 34.1 Å². The molecule has 0 aliphatic rings. The number of imidazole rings is 1. The molecule has 1 unspecified atom stereocenters. The Bertz CT molecular complexity index is 733. The smallest absolute Gasteiger partial charge is 0.208 e. The lowest BCUT2D eigenvalue weighted by Gasteiger charge is -2.15. The molecule has 1 atom stereocenters. The van der Waals surface area contributed by atoms with Crippen LogP contribution in [0.2, 0.25) is 4.34 Å². The number of aromatic nitrogens is 2. The van der Waals surface area contributed by atoms with Gasteiger partial charge < -0.3 is 9.88 Å². The van der Waals surface area contributed by atoms with Crippen LogP contribution in [0.15, 0.2) is 48.7 Å². The number of nitrogens with one attached hydrogen (secondary N) is 1. The number of para-hydroxylation sites is 1. The molecule has 3 nitrogen and oxygen atoms in total. The van der Waals surface area contributed by atoms with Crippen molar-refractivity contribution in [2.24, 2.45) is 0 Å². The van der Waals surface area contributed by atoms with E-state index in [9.17, 15) is 0 Å². The fourth-order valence-electron chi connectivity index (χ4n) is 2.24.